The lowest BCUT2D eigenvalue weighted by molar-refractivity contribution is -0.137. The highest BCUT2D eigenvalue weighted by molar-refractivity contribution is 7.17. The van der Waals surface area contributed by atoms with Gasteiger partial charge in [-0.15, -0.1) is 11.3 Å². The number of alkyl halides is 3. The van der Waals surface area contributed by atoms with Gasteiger partial charge in [-0.25, -0.2) is 18.2 Å². The molecule has 8 rings (SSSR count). The molecule has 0 unspecified atom stereocenters. The fourth-order valence-electron chi connectivity index (χ4n) is 7.43. The number of carbonyl (C=O) groups is 3. The van der Waals surface area contributed by atoms with E-state index < -0.39 is 46.9 Å². The number of fused-ring (bicyclic) bond motifs is 3. The van der Waals surface area contributed by atoms with E-state index in [-0.39, 0.29) is 62.8 Å². The van der Waals surface area contributed by atoms with Crippen LogP contribution in [-0.4, -0.2) is 55.6 Å². The molecule has 57 heavy (non-hydrogen) atoms. The fourth-order valence-corrected chi connectivity index (χ4v) is 8.57. The first-order valence-electron chi connectivity index (χ1n) is 18.0. The van der Waals surface area contributed by atoms with Crippen LogP contribution in [0.5, 0.6) is 0 Å². The van der Waals surface area contributed by atoms with Gasteiger partial charge in [0.2, 0.25) is 0 Å². The second-order valence-corrected chi connectivity index (χ2v) is 15.5. The molecule has 0 saturated carbocycles. The molecule has 3 aliphatic heterocycles. The van der Waals surface area contributed by atoms with Gasteiger partial charge in [-0.1, -0.05) is 0 Å². The van der Waals surface area contributed by atoms with Crippen molar-refractivity contribution in [3.8, 4) is 10.4 Å². The van der Waals surface area contributed by atoms with Crippen LogP contribution in [0.4, 0.5) is 49.2 Å². The zero-order valence-electron chi connectivity index (χ0n) is 30.2. The van der Waals surface area contributed by atoms with Crippen molar-refractivity contribution in [2.24, 2.45) is 5.41 Å². The number of ether oxygens (including phenoxy) is 1. The molecular weight excluding hydrogens is 773 g/mol. The molecule has 0 radical (unpaired) electrons. The van der Waals surface area contributed by atoms with Gasteiger partial charge in [0.25, 0.3) is 17.7 Å². The summed E-state index contributed by atoms with van der Waals surface area (Å²) in [5.74, 6) is -4.05. The van der Waals surface area contributed by atoms with E-state index >= 15 is 0 Å². The molecule has 294 valence electrons. The summed E-state index contributed by atoms with van der Waals surface area (Å²) in [5.41, 5.74) is 0.664. The second-order valence-electron chi connectivity index (χ2n) is 14.5. The van der Waals surface area contributed by atoms with E-state index in [1.54, 1.807) is 6.07 Å². The number of pyridine rings is 1. The number of aryl methyl sites for hydroxylation is 1. The van der Waals surface area contributed by atoms with Gasteiger partial charge in [-0.3, -0.25) is 14.4 Å². The summed E-state index contributed by atoms with van der Waals surface area (Å²) in [7, 11) is 0. The number of hydrogen-bond acceptors (Lipinski definition) is 7. The molecule has 2 N–H and O–H groups in total. The van der Waals surface area contributed by atoms with Crippen LogP contribution >= 0.6 is 11.3 Å². The summed E-state index contributed by atoms with van der Waals surface area (Å²) in [5, 5.41) is 5.16. The Morgan fingerprint density at radius 2 is 1.60 bits per heavy atom. The number of aromatic nitrogens is 1. The monoisotopic (exact) mass is 805 g/mol. The maximum atomic E-state index is 14.8. The number of carbonyl (C=O) groups excluding carboxylic acids is 3. The molecule has 0 atom stereocenters. The minimum atomic E-state index is -4.72. The van der Waals surface area contributed by atoms with Crippen LogP contribution in [0.2, 0.25) is 0 Å². The minimum Gasteiger partial charge on any atom is -0.380 e. The number of thiophene rings is 1. The number of hydrogen-bond donors (Lipinski definition) is 2. The zero-order chi connectivity index (χ0) is 40.2. The average molecular weight is 806 g/mol. The van der Waals surface area contributed by atoms with Gasteiger partial charge in [0.05, 0.1) is 40.6 Å². The van der Waals surface area contributed by atoms with Gasteiger partial charge in [-0.05, 0) is 98.0 Å². The SMILES string of the molecule is Cc1cc(F)cc(F)c1NC(=O)c1cc2c(s1)-c1ccc(F)cc1N(C(=O)c1ccc(NC(=O)c3cc(C(F)(F)F)cnc3N3CCC4(CC3)COC4)cc1)CC2. The molecule has 9 nitrogen and oxygen atoms in total. The molecule has 2 fully saturated rings. The standard InChI is InChI=1S/C41H33F6N5O4S/c1-22-14-27(43)17-31(44)34(22)50-38(54)33-15-24-8-11-52(32-18-26(42)4-7-29(32)35(24)57-33)39(55)23-2-5-28(6-3-23)49-37(53)30-16-25(41(45,46)47)19-48-36(30)51-12-9-40(10-13-51)20-56-21-40/h2-7,14-19H,8-13,20-21H2,1H3,(H,49,53)(H,50,54). The van der Waals surface area contributed by atoms with E-state index in [2.05, 4.69) is 15.6 Å². The molecule has 2 saturated heterocycles. The van der Waals surface area contributed by atoms with Crippen molar-refractivity contribution in [1.82, 2.24) is 4.98 Å². The van der Waals surface area contributed by atoms with Crippen molar-refractivity contribution in [3.63, 3.8) is 0 Å². The molecule has 5 heterocycles. The Balaban J connectivity index is 1.01. The molecule has 5 aromatic rings. The third kappa shape index (κ3) is 7.46. The lowest BCUT2D eigenvalue weighted by Crippen LogP contribution is -2.51. The lowest BCUT2D eigenvalue weighted by atomic mass is 9.77. The second kappa shape index (κ2) is 14.6. The summed E-state index contributed by atoms with van der Waals surface area (Å²) >= 11 is 1.09. The Kier molecular flexibility index (Phi) is 9.80. The van der Waals surface area contributed by atoms with Crippen molar-refractivity contribution >= 4 is 51.9 Å². The first-order chi connectivity index (χ1) is 27.2. The van der Waals surface area contributed by atoms with Gasteiger partial charge in [0.15, 0.2) is 0 Å². The van der Waals surface area contributed by atoms with Crippen molar-refractivity contribution in [1.29, 1.82) is 0 Å². The van der Waals surface area contributed by atoms with Crippen LogP contribution in [0.25, 0.3) is 10.4 Å². The van der Waals surface area contributed by atoms with Gasteiger partial charge in [0, 0.05) is 59.0 Å². The highest BCUT2D eigenvalue weighted by Gasteiger charge is 2.42. The summed E-state index contributed by atoms with van der Waals surface area (Å²) < 4.78 is 89.4. The fraction of sp³-hybridized carbons (Fsp3) is 0.268. The molecule has 2 aromatic heterocycles. The van der Waals surface area contributed by atoms with E-state index in [4.69, 9.17) is 4.74 Å². The summed E-state index contributed by atoms with van der Waals surface area (Å²) in [4.78, 5) is 49.0. The van der Waals surface area contributed by atoms with Crippen LogP contribution in [0.15, 0.2) is 72.9 Å². The number of anilines is 4. The summed E-state index contributed by atoms with van der Waals surface area (Å²) in [6.07, 6.45) is -2.21. The first kappa shape index (κ1) is 38.1. The van der Waals surface area contributed by atoms with Crippen molar-refractivity contribution < 1.29 is 45.5 Å². The molecule has 3 aromatic carbocycles. The van der Waals surface area contributed by atoms with E-state index in [9.17, 15) is 40.7 Å². The van der Waals surface area contributed by atoms with E-state index in [1.807, 2.05) is 4.90 Å². The largest absolute Gasteiger partial charge is 0.417 e. The maximum Gasteiger partial charge on any atom is 0.417 e. The number of piperidine rings is 1. The Bertz CT molecular complexity index is 2400. The number of rotatable bonds is 6. The maximum absolute atomic E-state index is 14.8. The number of halogens is 6. The van der Waals surface area contributed by atoms with E-state index in [0.717, 1.165) is 42.5 Å². The summed E-state index contributed by atoms with van der Waals surface area (Å²) in [6, 6.07) is 14.0. The Labute approximate surface area is 326 Å². The van der Waals surface area contributed by atoms with Crippen molar-refractivity contribution in [2.45, 2.75) is 32.4 Å². The predicted molar refractivity (Wildman–Crippen MR) is 202 cm³/mol. The average Bonchev–Trinajstić information content (AvgIpc) is 3.53. The van der Waals surface area contributed by atoms with E-state index in [1.165, 1.54) is 54.3 Å². The lowest BCUT2D eigenvalue weighted by Gasteiger charge is -2.47. The quantitative estimate of drug-likeness (QED) is 0.166. The van der Waals surface area contributed by atoms with Gasteiger partial charge >= 0.3 is 6.18 Å². The highest BCUT2D eigenvalue weighted by Crippen LogP contribution is 2.43. The first-order valence-corrected chi connectivity index (χ1v) is 18.8. The van der Waals surface area contributed by atoms with Gasteiger partial charge in [0.1, 0.15) is 23.3 Å². The third-order valence-electron chi connectivity index (χ3n) is 10.6. The van der Waals surface area contributed by atoms with Crippen LogP contribution < -0.4 is 20.4 Å². The molecule has 3 aliphatic rings. The van der Waals surface area contributed by atoms with Crippen LogP contribution in [0, 0.1) is 29.8 Å². The summed E-state index contributed by atoms with van der Waals surface area (Å²) in [6.45, 7) is 3.84. The molecule has 0 aliphatic carbocycles. The molecular formula is C41H33F6N5O4S. The minimum absolute atomic E-state index is 0.0527. The Morgan fingerprint density at radius 1 is 0.860 bits per heavy atom. The van der Waals surface area contributed by atoms with Crippen molar-refractivity contribution in [3.05, 3.63) is 123 Å². The molecule has 16 heteroatoms. The van der Waals surface area contributed by atoms with Gasteiger partial charge < -0.3 is 25.2 Å². The number of nitrogens with zero attached hydrogens (tertiary/aromatic N) is 3. The highest BCUT2D eigenvalue weighted by atomic mass is 32.1. The van der Waals surface area contributed by atoms with Crippen LogP contribution in [-0.2, 0) is 17.3 Å². The number of nitrogens with one attached hydrogen (secondary N) is 2. The normalized spacial score (nSPS) is 16.0. The Morgan fingerprint density at radius 3 is 2.26 bits per heavy atom. The number of amides is 3. The van der Waals surface area contributed by atoms with Crippen LogP contribution in [0.1, 0.15) is 59.9 Å². The molecule has 1 spiro atoms. The zero-order valence-corrected chi connectivity index (χ0v) is 31.1. The van der Waals surface area contributed by atoms with Gasteiger partial charge in [-0.2, -0.15) is 13.2 Å². The topological polar surface area (TPSA) is 104 Å². The smallest absolute Gasteiger partial charge is 0.380 e. The molecule has 0 bridgehead atoms. The van der Waals surface area contributed by atoms with Crippen LogP contribution in [0.3, 0.4) is 0 Å². The molecule has 3 amide bonds. The Hall–Kier alpha value is -5.74. The number of benzene rings is 3. The van der Waals surface area contributed by atoms with E-state index in [0.29, 0.717) is 48.4 Å². The third-order valence-corrected chi connectivity index (χ3v) is 11.8. The predicted octanol–water partition coefficient (Wildman–Crippen LogP) is 8.88. The van der Waals surface area contributed by atoms with Crippen molar-refractivity contribution in [2.75, 3.05) is 53.3 Å².